The maximum absolute atomic E-state index is 6.16. The third-order valence-corrected chi connectivity index (χ3v) is 3.36. The molecule has 1 N–H and O–H groups in total. The maximum Gasteiger partial charge on any atom is 0.143 e. The maximum atomic E-state index is 6.16. The first kappa shape index (κ1) is 10.2. The van der Waals surface area contributed by atoms with E-state index in [4.69, 9.17) is 11.6 Å². The third kappa shape index (κ3) is 2.58. The van der Waals surface area contributed by atoms with E-state index in [9.17, 15) is 0 Å². The Bertz CT molecular complexity index is 317. The Balaban J connectivity index is 1.87. The molecule has 0 saturated heterocycles. The van der Waals surface area contributed by atoms with Crippen molar-refractivity contribution in [1.29, 1.82) is 0 Å². The molecule has 0 amide bonds. The van der Waals surface area contributed by atoms with Crippen molar-refractivity contribution in [2.24, 2.45) is 5.92 Å². The van der Waals surface area contributed by atoms with Crippen molar-refractivity contribution < 1.29 is 0 Å². The van der Waals surface area contributed by atoms with Gasteiger partial charge in [-0.25, -0.2) is 9.97 Å². The zero-order chi connectivity index (χ0) is 9.97. The Morgan fingerprint density at radius 1 is 1.64 bits per heavy atom. The number of nitrogens with one attached hydrogen (secondary N) is 1. The Morgan fingerprint density at radius 3 is 3.07 bits per heavy atom. The second kappa shape index (κ2) is 4.45. The van der Waals surface area contributed by atoms with E-state index in [1.807, 2.05) is 0 Å². The molecule has 1 saturated carbocycles. The second-order valence-corrected chi connectivity index (χ2v) is 4.87. The first-order chi connectivity index (χ1) is 6.77. The van der Waals surface area contributed by atoms with Gasteiger partial charge in [-0.05, 0) is 34.7 Å². The van der Waals surface area contributed by atoms with Gasteiger partial charge < -0.3 is 5.32 Å². The van der Waals surface area contributed by atoms with E-state index in [1.165, 1.54) is 19.2 Å². The van der Waals surface area contributed by atoms with Crippen molar-refractivity contribution in [3.05, 3.63) is 17.0 Å². The summed E-state index contributed by atoms with van der Waals surface area (Å²) >= 11 is 9.53. The predicted molar refractivity (Wildman–Crippen MR) is 60.6 cm³/mol. The molecule has 2 rings (SSSR count). The van der Waals surface area contributed by atoms with Crippen LogP contribution in [0.2, 0.25) is 0 Å². The first-order valence-electron chi connectivity index (χ1n) is 4.61. The molecule has 0 spiro atoms. The predicted octanol–water partition coefficient (Wildman–Crippen LogP) is 2.67. The summed E-state index contributed by atoms with van der Waals surface area (Å²) in [5, 5.41) is 3.42. The van der Waals surface area contributed by atoms with Crippen LogP contribution < -0.4 is 5.32 Å². The van der Waals surface area contributed by atoms with Gasteiger partial charge in [0, 0.05) is 12.7 Å². The fourth-order valence-electron chi connectivity index (χ4n) is 1.26. The van der Waals surface area contributed by atoms with Gasteiger partial charge in [0.15, 0.2) is 0 Å². The van der Waals surface area contributed by atoms with Gasteiger partial charge in [0.2, 0.25) is 0 Å². The van der Waals surface area contributed by atoms with Crippen molar-refractivity contribution in [2.75, 3.05) is 11.9 Å². The summed E-state index contributed by atoms with van der Waals surface area (Å²) in [6.07, 6.45) is 5.77. The lowest BCUT2D eigenvalue weighted by Gasteiger charge is -2.10. The van der Waals surface area contributed by atoms with Crippen LogP contribution >= 0.6 is 27.5 Å². The molecule has 1 unspecified atom stereocenters. The van der Waals surface area contributed by atoms with Crippen LogP contribution in [-0.2, 0) is 0 Å². The summed E-state index contributed by atoms with van der Waals surface area (Å²) in [6, 6.07) is 0. The fraction of sp³-hybridized carbons (Fsp3) is 0.556. The lowest BCUT2D eigenvalue weighted by molar-refractivity contribution is 0.768. The van der Waals surface area contributed by atoms with Gasteiger partial charge in [0.05, 0.1) is 9.85 Å². The van der Waals surface area contributed by atoms with Crippen LogP contribution in [0.15, 0.2) is 17.0 Å². The van der Waals surface area contributed by atoms with Gasteiger partial charge in [-0.1, -0.05) is 0 Å². The SMILES string of the molecule is ClC(CNc1ncncc1Br)C1CC1. The van der Waals surface area contributed by atoms with E-state index in [0.29, 0.717) is 5.92 Å². The van der Waals surface area contributed by atoms with E-state index in [-0.39, 0.29) is 5.38 Å². The van der Waals surface area contributed by atoms with Crippen molar-refractivity contribution in [2.45, 2.75) is 18.2 Å². The molecule has 1 aromatic heterocycles. The van der Waals surface area contributed by atoms with Gasteiger partial charge in [-0.15, -0.1) is 11.6 Å². The van der Waals surface area contributed by atoms with E-state index in [2.05, 4.69) is 31.2 Å². The molecule has 1 heterocycles. The summed E-state index contributed by atoms with van der Waals surface area (Å²) in [6.45, 7) is 0.766. The number of halogens is 2. The molecule has 1 aromatic rings. The molecule has 0 bridgehead atoms. The van der Waals surface area contributed by atoms with Gasteiger partial charge in [0.1, 0.15) is 12.1 Å². The molecular weight excluding hydrogens is 265 g/mol. The molecule has 0 aromatic carbocycles. The summed E-state index contributed by atoms with van der Waals surface area (Å²) in [5.74, 6) is 1.51. The quantitative estimate of drug-likeness (QED) is 0.859. The van der Waals surface area contributed by atoms with Crippen LogP contribution in [0.4, 0.5) is 5.82 Å². The highest BCUT2D eigenvalue weighted by Crippen LogP contribution is 2.35. The van der Waals surface area contributed by atoms with Crippen molar-refractivity contribution in [3.63, 3.8) is 0 Å². The second-order valence-electron chi connectivity index (χ2n) is 3.45. The minimum atomic E-state index is 0.219. The van der Waals surface area contributed by atoms with E-state index >= 15 is 0 Å². The van der Waals surface area contributed by atoms with Crippen molar-refractivity contribution in [1.82, 2.24) is 9.97 Å². The molecule has 76 valence electrons. The topological polar surface area (TPSA) is 37.8 Å². The normalized spacial score (nSPS) is 17.9. The van der Waals surface area contributed by atoms with E-state index in [0.717, 1.165) is 16.8 Å². The number of alkyl halides is 1. The molecule has 1 atom stereocenters. The number of nitrogens with zero attached hydrogens (tertiary/aromatic N) is 2. The summed E-state index contributed by atoms with van der Waals surface area (Å²) < 4.78 is 0.875. The molecule has 0 radical (unpaired) electrons. The largest absolute Gasteiger partial charge is 0.368 e. The Hall–Kier alpha value is -0.350. The van der Waals surface area contributed by atoms with Crippen molar-refractivity contribution >= 4 is 33.3 Å². The van der Waals surface area contributed by atoms with Crippen LogP contribution in [0.5, 0.6) is 0 Å². The monoisotopic (exact) mass is 275 g/mol. The number of hydrogen-bond acceptors (Lipinski definition) is 3. The molecule has 3 nitrogen and oxygen atoms in total. The molecule has 5 heteroatoms. The lowest BCUT2D eigenvalue weighted by atomic mass is 10.3. The van der Waals surface area contributed by atoms with Gasteiger partial charge in [-0.2, -0.15) is 0 Å². The highest BCUT2D eigenvalue weighted by atomic mass is 79.9. The zero-order valence-electron chi connectivity index (χ0n) is 7.58. The van der Waals surface area contributed by atoms with Crippen LogP contribution in [0.25, 0.3) is 0 Å². The zero-order valence-corrected chi connectivity index (χ0v) is 9.92. The molecule has 0 aliphatic heterocycles. The highest BCUT2D eigenvalue weighted by molar-refractivity contribution is 9.10. The standard InChI is InChI=1S/C9H11BrClN3/c10-7-3-12-5-14-9(7)13-4-8(11)6-1-2-6/h3,5-6,8H,1-2,4H2,(H,12,13,14). The fourth-order valence-corrected chi connectivity index (χ4v) is 1.95. The highest BCUT2D eigenvalue weighted by Gasteiger charge is 2.29. The molecule has 1 fully saturated rings. The summed E-state index contributed by atoms with van der Waals surface area (Å²) in [4.78, 5) is 7.99. The van der Waals surface area contributed by atoms with E-state index in [1.54, 1.807) is 6.20 Å². The Morgan fingerprint density at radius 2 is 2.43 bits per heavy atom. The number of aromatic nitrogens is 2. The Labute approximate surface area is 96.4 Å². The minimum absolute atomic E-state index is 0.219. The first-order valence-corrected chi connectivity index (χ1v) is 5.84. The van der Waals surface area contributed by atoms with Crippen LogP contribution in [-0.4, -0.2) is 21.9 Å². The molecule has 1 aliphatic carbocycles. The molecule has 14 heavy (non-hydrogen) atoms. The van der Waals surface area contributed by atoms with Crippen molar-refractivity contribution in [3.8, 4) is 0 Å². The molecular formula is C9H11BrClN3. The van der Waals surface area contributed by atoms with Crippen LogP contribution in [0.1, 0.15) is 12.8 Å². The summed E-state index contributed by atoms with van der Waals surface area (Å²) in [5.41, 5.74) is 0. The van der Waals surface area contributed by atoms with Crippen LogP contribution in [0, 0.1) is 5.92 Å². The number of rotatable bonds is 4. The Kier molecular flexibility index (Phi) is 3.23. The lowest BCUT2D eigenvalue weighted by Crippen LogP contribution is -2.16. The van der Waals surface area contributed by atoms with Crippen LogP contribution in [0.3, 0.4) is 0 Å². The molecule has 1 aliphatic rings. The van der Waals surface area contributed by atoms with E-state index < -0.39 is 0 Å². The van der Waals surface area contributed by atoms with Gasteiger partial charge >= 0.3 is 0 Å². The summed E-state index contributed by atoms with van der Waals surface area (Å²) in [7, 11) is 0. The number of anilines is 1. The minimum Gasteiger partial charge on any atom is -0.368 e. The van der Waals surface area contributed by atoms with Gasteiger partial charge in [-0.3, -0.25) is 0 Å². The average Bonchev–Trinajstić information content (AvgIpc) is 2.99. The smallest absolute Gasteiger partial charge is 0.143 e. The number of hydrogen-bond donors (Lipinski definition) is 1. The third-order valence-electron chi connectivity index (χ3n) is 2.27. The van der Waals surface area contributed by atoms with Gasteiger partial charge in [0.25, 0.3) is 0 Å². The average molecular weight is 277 g/mol.